The van der Waals surface area contributed by atoms with E-state index in [9.17, 15) is 0 Å². The molecule has 0 aliphatic carbocycles. The highest BCUT2D eigenvalue weighted by Crippen LogP contribution is 2.34. The molecule has 1 aliphatic rings. The molecule has 16 heavy (non-hydrogen) atoms. The number of fused-ring (bicyclic) bond motifs is 1. The van der Waals surface area contributed by atoms with E-state index in [2.05, 4.69) is 17.2 Å². The van der Waals surface area contributed by atoms with Crippen molar-refractivity contribution in [2.45, 2.75) is 13.5 Å². The Labute approximate surface area is 95.1 Å². The molecule has 3 N–H and O–H groups in total. The van der Waals surface area contributed by atoms with Crippen LogP contribution in [0.4, 0.5) is 0 Å². The Morgan fingerprint density at radius 1 is 1.38 bits per heavy atom. The summed E-state index contributed by atoms with van der Waals surface area (Å²) in [6, 6.07) is 4.05. The summed E-state index contributed by atoms with van der Waals surface area (Å²) in [6.45, 7) is 3.86. The first-order chi connectivity index (χ1) is 7.70. The minimum atomic E-state index is 0.318. The smallest absolute Gasteiger partial charge is 0.231 e. The highest BCUT2D eigenvalue weighted by Gasteiger charge is 2.15. The Morgan fingerprint density at radius 3 is 2.75 bits per heavy atom. The number of nitrogens with one attached hydrogen (secondary N) is 1. The van der Waals surface area contributed by atoms with Crippen molar-refractivity contribution in [3.63, 3.8) is 0 Å². The fourth-order valence-corrected chi connectivity index (χ4v) is 1.76. The maximum absolute atomic E-state index is 5.35. The van der Waals surface area contributed by atoms with E-state index < -0.39 is 0 Å². The lowest BCUT2D eigenvalue weighted by Crippen LogP contribution is -2.35. The van der Waals surface area contributed by atoms with E-state index in [1.807, 2.05) is 19.2 Å². The Morgan fingerprint density at radius 2 is 2.06 bits per heavy atom. The van der Waals surface area contributed by atoms with E-state index in [1.165, 1.54) is 11.1 Å². The molecule has 5 heteroatoms. The van der Waals surface area contributed by atoms with Crippen molar-refractivity contribution in [3.05, 3.63) is 23.3 Å². The van der Waals surface area contributed by atoms with E-state index in [-0.39, 0.29) is 0 Å². The molecule has 1 aromatic carbocycles. The van der Waals surface area contributed by atoms with Crippen LogP contribution in [0.15, 0.2) is 12.1 Å². The SMILES string of the molecule is Cc1cc2c(cc1CN(C)CNN)OCO2. The van der Waals surface area contributed by atoms with Crippen molar-refractivity contribution in [1.82, 2.24) is 10.3 Å². The summed E-state index contributed by atoms with van der Waals surface area (Å²) in [4.78, 5) is 2.09. The molecule has 0 spiro atoms. The van der Waals surface area contributed by atoms with Gasteiger partial charge in [-0.1, -0.05) is 0 Å². The van der Waals surface area contributed by atoms with Crippen LogP contribution in [-0.2, 0) is 6.54 Å². The summed E-state index contributed by atoms with van der Waals surface area (Å²) in [5, 5.41) is 0. The Kier molecular flexibility index (Phi) is 3.28. The normalized spacial score (nSPS) is 13.5. The van der Waals surface area contributed by atoms with Crippen molar-refractivity contribution < 1.29 is 9.47 Å². The summed E-state index contributed by atoms with van der Waals surface area (Å²) in [5.41, 5.74) is 5.06. The van der Waals surface area contributed by atoms with E-state index in [4.69, 9.17) is 15.3 Å². The van der Waals surface area contributed by atoms with Crippen molar-refractivity contribution in [2.24, 2.45) is 5.84 Å². The number of nitrogens with zero attached hydrogens (tertiary/aromatic N) is 1. The molecule has 0 radical (unpaired) electrons. The van der Waals surface area contributed by atoms with Gasteiger partial charge in [-0.05, 0) is 37.2 Å². The van der Waals surface area contributed by atoms with Crippen LogP contribution in [-0.4, -0.2) is 25.4 Å². The fraction of sp³-hybridized carbons (Fsp3) is 0.455. The molecule has 0 fully saturated rings. The minimum Gasteiger partial charge on any atom is -0.454 e. The number of benzene rings is 1. The molecule has 5 nitrogen and oxygen atoms in total. The highest BCUT2D eigenvalue weighted by molar-refractivity contribution is 5.48. The van der Waals surface area contributed by atoms with Crippen molar-refractivity contribution >= 4 is 0 Å². The summed E-state index contributed by atoms with van der Waals surface area (Å²) in [6.07, 6.45) is 0. The molecule has 0 amide bonds. The van der Waals surface area contributed by atoms with E-state index in [0.29, 0.717) is 13.5 Å². The molecular formula is C11H17N3O2. The molecule has 0 saturated heterocycles. The second-order valence-electron chi connectivity index (χ2n) is 4.01. The molecule has 1 aromatic rings. The molecule has 0 unspecified atom stereocenters. The number of hydrazine groups is 1. The van der Waals surface area contributed by atoms with Crippen LogP contribution in [0, 0.1) is 6.92 Å². The van der Waals surface area contributed by atoms with E-state index in [0.717, 1.165) is 18.0 Å². The molecule has 0 saturated carbocycles. The van der Waals surface area contributed by atoms with Gasteiger partial charge in [-0.2, -0.15) is 0 Å². The fourth-order valence-electron chi connectivity index (χ4n) is 1.76. The zero-order valence-corrected chi connectivity index (χ0v) is 9.62. The lowest BCUT2D eigenvalue weighted by Gasteiger charge is -2.17. The largest absolute Gasteiger partial charge is 0.454 e. The molecular weight excluding hydrogens is 206 g/mol. The average molecular weight is 223 g/mol. The first-order valence-electron chi connectivity index (χ1n) is 5.22. The topological polar surface area (TPSA) is 59.8 Å². The number of hydrogen-bond donors (Lipinski definition) is 2. The van der Waals surface area contributed by atoms with Crippen LogP contribution in [0.5, 0.6) is 11.5 Å². The zero-order valence-electron chi connectivity index (χ0n) is 9.62. The zero-order chi connectivity index (χ0) is 11.5. The minimum absolute atomic E-state index is 0.318. The lowest BCUT2D eigenvalue weighted by atomic mass is 10.1. The standard InChI is InChI=1S/C11H17N3O2/c1-8-3-10-11(16-7-15-10)4-9(8)5-14(2)6-13-12/h3-4,13H,5-7,12H2,1-2H3. The van der Waals surface area contributed by atoms with Crippen LogP contribution in [0.3, 0.4) is 0 Å². The van der Waals surface area contributed by atoms with Crippen LogP contribution in [0.1, 0.15) is 11.1 Å². The van der Waals surface area contributed by atoms with Gasteiger partial charge in [-0.3, -0.25) is 10.7 Å². The quantitative estimate of drug-likeness (QED) is 0.444. The molecule has 1 aliphatic heterocycles. The molecule has 88 valence electrons. The predicted molar refractivity (Wildman–Crippen MR) is 61.0 cm³/mol. The molecule has 0 bridgehead atoms. The summed E-state index contributed by atoms with van der Waals surface area (Å²) >= 11 is 0. The van der Waals surface area contributed by atoms with Gasteiger partial charge in [0.15, 0.2) is 11.5 Å². The summed E-state index contributed by atoms with van der Waals surface area (Å²) in [7, 11) is 2.00. The summed E-state index contributed by atoms with van der Waals surface area (Å²) < 4.78 is 10.7. The van der Waals surface area contributed by atoms with Crippen LogP contribution in [0.2, 0.25) is 0 Å². The van der Waals surface area contributed by atoms with Gasteiger partial charge in [0.25, 0.3) is 0 Å². The highest BCUT2D eigenvalue weighted by atomic mass is 16.7. The predicted octanol–water partition coefficient (Wildman–Crippen LogP) is 0.576. The van der Waals surface area contributed by atoms with Crippen molar-refractivity contribution in [2.75, 3.05) is 20.5 Å². The van der Waals surface area contributed by atoms with Gasteiger partial charge >= 0.3 is 0 Å². The third kappa shape index (κ3) is 2.27. The number of rotatable bonds is 4. The number of ether oxygens (including phenoxy) is 2. The third-order valence-electron chi connectivity index (χ3n) is 2.63. The van der Waals surface area contributed by atoms with Crippen LogP contribution in [0.25, 0.3) is 0 Å². The molecule has 1 heterocycles. The van der Waals surface area contributed by atoms with Gasteiger partial charge in [-0.15, -0.1) is 0 Å². The van der Waals surface area contributed by atoms with Gasteiger partial charge in [-0.25, -0.2) is 5.43 Å². The Hall–Kier alpha value is -1.30. The second-order valence-corrected chi connectivity index (χ2v) is 4.01. The van der Waals surface area contributed by atoms with Gasteiger partial charge < -0.3 is 9.47 Å². The van der Waals surface area contributed by atoms with Gasteiger partial charge in [0.2, 0.25) is 6.79 Å². The number of aryl methyl sites for hydroxylation is 1. The van der Waals surface area contributed by atoms with Gasteiger partial charge in [0.05, 0.1) is 6.67 Å². The van der Waals surface area contributed by atoms with Gasteiger partial charge in [0, 0.05) is 6.54 Å². The summed E-state index contributed by atoms with van der Waals surface area (Å²) in [5.74, 6) is 6.94. The Balaban J connectivity index is 2.15. The van der Waals surface area contributed by atoms with Crippen LogP contribution >= 0.6 is 0 Å². The molecule has 2 rings (SSSR count). The number of hydrogen-bond acceptors (Lipinski definition) is 5. The molecule has 0 aromatic heterocycles. The van der Waals surface area contributed by atoms with Crippen LogP contribution < -0.4 is 20.7 Å². The molecule has 0 atom stereocenters. The maximum Gasteiger partial charge on any atom is 0.231 e. The van der Waals surface area contributed by atoms with Crippen molar-refractivity contribution in [1.29, 1.82) is 0 Å². The van der Waals surface area contributed by atoms with Crippen molar-refractivity contribution in [3.8, 4) is 11.5 Å². The third-order valence-corrected chi connectivity index (χ3v) is 2.63. The second kappa shape index (κ2) is 4.69. The Bertz CT molecular complexity index is 382. The van der Waals surface area contributed by atoms with E-state index in [1.54, 1.807) is 0 Å². The monoisotopic (exact) mass is 223 g/mol. The average Bonchev–Trinajstić information content (AvgIpc) is 2.65. The number of nitrogens with two attached hydrogens (primary N) is 1. The first kappa shape index (κ1) is 11.2. The first-order valence-corrected chi connectivity index (χ1v) is 5.22. The maximum atomic E-state index is 5.35. The van der Waals surface area contributed by atoms with E-state index >= 15 is 0 Å². The van der Waals surface area contributed by atoms with Gasteiger partial charge in [0.1, 0.15) is 0 Å². The lowest BCUT2D eigenvalue weighted by molar-refractivity contribution is 0.174.